The van der Waals surface area contributed by atoms with Crippen molar-refractivity contribution in [2.75, 3.05) is 6.61 Å². The highest BCUT2D eigenvalue weighted by molar-refractivity contribution is 5.59. The zero-order valence-corrected chi connectivity index (χ0v) is 13.4. The molecule has 23 heavy (non-hydrogen) atoms. The molecular weight excluding hydrogens is 284 g/mol. The molecule has 1 heterocycles. The van der Waals surface area contributed by atoms with Gasteiger partial charge in [-0.25, -0.2) is 9.97 Å². The zero-order valence-electron chi connectivity index (χ0n) is 13.4. The molecule has 0 N–H and O–H groups in total. The Morgan fingerprint density at radius 3 is 2.22 bits per heavy atom. The van der Waals surface area contributed by atoms with Gasteiger partial charge in [0.1, 0.15) is 6.10 Å². The lowest BCUT2D eigenvalue weighted by molar-refractivity contribution is 0.0851. The van der Waals surface area contributed by atoms with Gasteiger partial charge in [-0.3, -0.25) is 0 Å². The molecule has 1 atom stereocenters. The quantitative estimate of drug-likeness (QED) is 0.692. The number of hydrogen-bond donors (Lipinski definition) is 0. The van der Waals surface area contributed by atoms with Gasteiger partial charge in [-0.05, 0) is 25.5 Å². The van der Waals surface area contributed by atoms with Gasteiger partial charge >= 0.3 is 0 Å². The molecule has 1 aromatic heterocycles. The van der Waals surface area contributed by atoms with E-state index in [0.717, 1.165) is 22.5 Å². The molecule has 0 aliphatic rings. The summed E-state index contributed by atoms with van der Waals surface area (Å²) in [6, 6.07) is 22.3. The second-order valence-electron chi connectivity index (χ2n) is 5.36. The Morgan fingerprint density at radius 2 is 1.57 bits per heavy atom. The van der Waals surface area contributed by atoms with Crippen LogP contribution >= 0.6 is 0 Å². The number of benzene rings is 2. The molecule has 0 bridgehead atoms. The topological polar surface area (TPSA) is 35.0 Å². The van der Waals surface area contributed by atoms with Crippen molar-refractivity contribution in [3.8, 4) is 11.3 Å². The third kappa shape index (κ3) is 3.63. The summed E-state index contributed by atoms with van der Waals surface area (Å²) in [5.74, 6) is 0.705. The maximum atomic E-state index is 5.93. The summed E-state index contributed by atoms with van der Waals surface area (Å²) in [6.07, 6.45) is -0.247. The van der Waals surface area contributed by atoms with Crippen molar-refractivity contribution in [1.29, 1.82) is 0 Å². The molecule has 0 fully saturated rings. The van der Waals surface area contributed by atoms with E-state index in [1.165, 1.54) is 0 Å². The Balaban J connectivity index is 2.05. The van der Waals surface area contributed by atoms with Crippen LogP contribution < -0.4 is 0 Å². The minimum Gasteiger partial charge on any atom is -0.366 e. The number of rotatable bonds is 5. The molecule has 3 rings (SSSR count). The van der Waals surface area contributed by atoms with Crippen molar-refractivity contribution < 1.29 is 4.74 Å². The molecule has 116 valence electrons. The predicted molar refractivity (Wildman–Crippen MR) is 92.1 cm³/mol. The van der Waals surface area contributed by atoms with Crippen LogP contribution in [0, 0.1) is 6.92 Å². The first-order valence-electron chi connectivity index (χ1n) is 7.85. The molecule has 0 spiro atoms. The Hall–Kier alpha value is -2.52. The molecule has 2 aromatic carbocycles. The van der Waals surface area contributed by atoms with Gasteiger partial charge in [-0.15, -0.1) is 0 Å². The van der Waals surface area contributed by atoms with Gasteiger partial charge in [-0.1, -0.05) is 60.7 Å². The molecule has 3 aromatic rings. The van der Waals surface area contributed by atoms with Gasteiger partial charge in [0, 0.05) is 17.9 Å². The molecule has 0 aliphatic carbocycles. The third-order valence-corrected chi connectivity index (χ3v) is 3.61. The first-order valence-corrected chi connectivity index (χ1v) is 7.85. The molecule has 0 saturated carbocycles. The lowest BCUT2D eigenvalue weighted by Crippen LogP contribution is -2.11. The second-order valence-corrected chi connectivity index (χ2v) is 5.36. The molecule has 0 saturated heterocycles. The number of aryl methyl sites for hydroxylation is 1. The lowest BCUT2D eigenvalue weighted by Gasteiger charge is -2.17. The third-order valence-electron chi connectivity index (χ3n) is 3.61. The van der Waals surface area contributed by atoms with E-state index in [2.05, 4.69) is 17.1 Å². The largest absolute Gasteiger partial charge is 0.366 e. The van der Waals surface area contributed by atoms with Gasteiger partial charge in [-0.2, -0.15) is 0 Å². The van der Waals surface area contributed by atoms with Crippen LogP contribution in [0.5, 0.6) is 0 Å². The van der Waals surface area contributed by atoms with Crippen LogP contribution in [0.3, 0.4) is 0 Å². The highest BCUT2D eigenvalue weighted by atomic mass is 16.5. The number of aromatic nitrogens is 2. The van der Waals surface area contributed by atoms with E-state index in [1.807, 2.05) is 68.4 Å². The summed E-state index contributed by atoms with van der Waals surface area (Å²) < 4.78 is 5.93. The highest BCUT2D eigenvalue weighted by Gasteiger charge is 2.18. The van der Waals surface area contributed by atoms with E-state index in [4.69, 9.17) is 9.72 Å². The van der Waals surface area contributed by atoms with Gasteiger partial charge < -0.3 is 4.74 Å². The Labute approximate surface area is 137 Å². The van der Waals surface area contributed by atoms with Crippen molar-refractivity contribution in [1.82, 2.24) is 9.97 Å². The van der Waals surface area contributed by atoms with Crippen molar-refractivity contribution >= 4 is 0 Å². The molecular formula is C20H20N2O. The van der Waals surface area contributed by atoms with Crippen molar-refractivity contribution in [2.45, 2.75) is 20.0 Å². The first-order chi connectivity index (χ1) is 11.3. The molecule has 3 heteroatoms. The fraction of sp³-hybridized carbons (Fsp3) is 0.200. The van der Waals surface area contributed by atoms with E-state index >= 15 is 0 Å². The minimum absolute atomic E-state index is 0.247. The summed E-state index contributed by atoms with van der Waals surface area (Å²) in [5, 5.41) is 0. The van der Waals surface area contributed by atoms with Crippen LogP contribution in [0.15, 0.2) is 66.7 Å². The SMILES string of the molecule is CCOC(c1ccccc1)c1nc(C)cc(-c2ccccc2)n1. The van der Waals surface area contributed by atoms with Crippen LogP contribution in [0.2, 0.25) is 0 Å². The smallest absolute Gasteiger partial charge is 0.162 e. The lowest BCUT2D eigenvalue weighted by atomic mass is 10.1. The van der Waals surface area contributed by atoms with Gasteiger partial charge in [0.15, 0.2) is 5.82 Å². The number of nitrogens with zero attached hydrogens (tertiary/aromatic N) is 2. The summed E-state index contributed by atoms with van der Waals surface area (Å²) in [4.78, 5) is 9.38. The predicted octanol–water partition coefficient (Wildman–Crippen LogP) is 4.58. The van der Waals surface area contributed by atoms with E-state index < -0.39 is 0 Å². The van der Waals surface area contributed by atoms with E-state index in [1.54, 1.807) is 0 Å². The van der Waals surface area contributed by atoms with Crippen LogP contribution in [-0.4, -0.2) is 16.6 Å². The first kappa shape index (κ1) is 15.4. The summed E-state index contributed by atoms with van der Waals surface area (Å²) in [7, 11) is 0. The van der Waals surface area contributed by atoms with Crippen molar-refractivity contribution in [3.05, 3.63) is 83.8 Å². The highest BCUT2D eigenvalue weighted by Crippen LogP contribution is 2.26. The summed E-state index contributed by atoms with van der Waals surface area (Å²) in [6.45, 7) is 4.59. The van der Waals surface area contributed by atoms with Gasteiger partial charge in [0.25, 0.3) is 0 Å². The molecule has 0 aliphatic heterocycles. The minimum atomic E-state index is -0.247. The monoisotopic (exact) mass is 304 g/mol. The van der Waals surface area contributed by atoms with E-state index in [9.17, 15) is 0 Å². The van der Waals surface area contributed by atoms with E-state index in [-0.39, 0.29) is 6.10 Å². The van der Waals surface area contributed by atoms with Crippen molar-refractivity contribution in [2.24, 2.45) is 0 Å². The molecule has 3 nitrogen and oxygen atoms in total. The maximum Gasteiger partial charge on any atom is 0.162 e. The Morgan fingerprint density at radius 1 is 0.913 bits per heavy atom. The Kier molecular flexibility index (Phi) is 4.79. The van der Waals surface area contributed by atoms with Crippen molar-refractivity contribution in [3.63, 3.8) is 0 Å². The molecule has 1 unspecified atom stereocenters. The zero-order chi connectivity index (χ0) is 16.1. The standard InChI is InChI=1S/C20H20N2O/c1-3-23-19(17-12-8-5-9-13-17)20-21-15(2)14-18(22-20)16-10-6-4-7-11-16/h4-14,19H,3H2,1-2H3. The van der Waals surface area contributed by atoms with Crippen LogP contribution in [0.1, 0.15) is 30.1 Å². The second kappa shape index (κ2) is 7.16. The molecule has 0 radical (unpaired) electrons. The summed E-state index contributed by atoms with van der Waals surface area (Å²) >= 11 is 0. The fourth-order valence-corrected chi connectivity index (χ4v) is 2.58. The van der Waals surface area contributed by atoms with Crippen LogP contribution in [-0.2, 0) is 4.74 Å². The number of hydrogen-bond acceptors (Lipinski definition) is 3. The average Bonchev–Trinajstić information content (AvgIpc) is 2.60. The maximum absolute atomic E-state index is 5.93. The normalized spacial score (nSPS) is 12.1. The van der Waals surface area contributed by atoms with Crippen LogP contribution in [0.4, 0.5) is 0 Å². The van der Waals surface area contributed by atoms with E-state index in [0.29, 0.717) is 12.4 Å². The molecule has 0 amide bonds. The van der Waals surface area contributed by atoms with Gasteiger partial charge in [0.2, 0.25) is 0 Å². The van der Waals surface area contributed by atoms with Gasteiger partial charge in [0.05, 0.1) is 5.69 Å². The summed E-state index contributed by atoms with van der Waals surface area (Å²) in [5.41, 5.74) is 4.02. The fourth-order valence-electron chi connectivity index (χ4n) is 2.58. The Bertz CT molecular complexity index is 757. The average molecular weight is 304 g/mol. The van der Waals surface area contributed by atoms with Crippen LogP contribution in [0.25, 0.3) is 11.3 Å². The number of ether oxygens (including phenoxy) is 1.